The Kier molecular flexibility index (Phi) is 4.74. The summed E-state index contributed by atoms with van der Waals surface area (Å²) in [5.41, 5.74) is -0.522. The number of carbonyl (C=O) groups is 2. The number of rotatable bonds is 1. The second-order valence-corrected chi connectivity index (χ2v) is 6.97. The van der Waals surface area contributed by atoms with E-state index in [-0.39, 0.29) is 18.2 Å². The van der Waals surface area contributed by atoms with Crippen LogP contribution < -0.4 is 0 Å². The first kappa shape index (κ1) is 16.1. The molecule has 2 rings (SSSR count). The molecule has 0 N–H and O–H groups in total. The quantitative estimate of drug-likeness (QED) is 0.531. The third-order valence-corrected chi connectivity index (χ3v) is 4.23. The maximum absolute atomic E-state index is 12.2. The van der Waals surface area contributed by atoms with Gasteiger partial charge >= 0.3 is 12.1 Å². The van der Waals surface area contributed by atoms with Crippen LogP contribution >= 0.6 is 22.9 Å². The molecule has 2 amide bonds. The van der Waals surface area contributed by atoms with Crippen molar-refractivity contribution in [2.75, 3.05) is 13.1 Å². The monoisotopic (exact) mass is 406 g/mol. The van der Waals surface area contributed by atoms with E-state index in [0.29, 0.717) is 13.1 Å². The average Bonchev–Trinajstić information content (AvgIpc) is 3.06. The molecule has 0 saturated carbocycles. The van der Waals surface area contributed by atoms with Crippen LogP contribution in [0.3, 0.4) is 0 Å². The summed E-state index contributed by atoms with van der Waals surface area (Å²) < 4.78 is 8.32. The van der Waals surface area contributed by atoms with Gasteiger partial charge in [-0.3, -0.25) is 4.57 Å². The summed E-state index contributed by atoms with van der Waals surface area (Å²) in [7, 11) is 0. The van der Waals surface area contributed by atoms with Crippen molar-refractivity contribution in [3.05, 3.63) is 18.7 Å². The molecule has 0 unspecified atom stereocenters. The van der Waals surface area contributed by atoms with Crippen molar-refractivity contribution in [2.24, 2.45) is 0 Å². The lowest BCUT2D eigenvalue weighted by Crippen LogP contribution is -2.40. The van der Waals surface area contributed by atoms with E-state index in [0.717, 1.165) is 6.42 Å². The van der Waals surface area contributed by atoms with Crippen molar-refractivity contribution in [1.29, 1.82) is 0 Å². The van der Waals surface area contributed by atoms with E-state index in [1.165, 1.54) is 10.9 Å². The molecule has 2 heterocycles. The fraction of sp³-hybridized carbons (Fsp3) is 0.615. The summed E-state index contributed by atoms with van der Waals surface area (Å²) in [5, 5.41) is 0. The Labute approximate surface area is 137 Å². The molecule has 7 nitrogen and oxygen atoms in total. The van der Waals surface area contributed by atoms with Gasteiger partial charge in [-0.2, -0.15) is 0 Å². The number of amides is 2. The van der Waals surface area contributed by atoms with E-state index < -0.39 is 5.60 Å². The lowest BCUT2D eigenvalue weighted by atomic mass is 10.2. The van der Waals surface area contributed by atoms with Crippen molar-refractivity contribution in [2.45, 2.75) is 38.8 Å². The minimum absolute atomic E-state index is 0.0343. The van der Waals surface area contributed by atoms with Crippen LogP contribution in [0.4, 0.5) is 9.59 Å². The van der Waals surface area contributed by atoms with Crippen LogP contribution in [0.1, 0.15) is 27.2 Å². The number of aromatic nitrogens is 2. The zero-order chi connectivity index (χ0) is 15.6. The lowest BCUT2D eigenvalue weighted by molar-refractivity contribution is 0.0390. The number of hydrogen-bond donors (Lipinski definition) is 0. The van der Waals surface area contributed by atoms with Crippen molar-refractivity contribution in [3.8, 4) is 0 Å². The van der Waals surface area contributed by atoms with Crippen LogP contribution in [0.25, 0.3) is 0 Å². The van der Waals surface area contributed by atoms with Gasteiger partial charge in [-0.05, 0) is 27.2 Å². The molecule has 0 aromatic carbocycles. The fourth-order valence-corrected chi connectivity index (χ4v) is 2.64. The molecule has 1 aliphatic rings. The molecule has 21 heavy (non-hydrogen) atoms. The van der Waals surface area contributed by atoms with Crippen molar-refractivity contribution >= 4 is 35.0 Å². The molecule has 1 aromatic rings. The maximum atomic E-state index is 12.2. The maximum Gasteiger partial charge on any atom is 0.419 e. The summed E-state index contributed by atoms with van der Waals surface area (Å²) in [5.74, 6) is 0. The van der Waals surface area contributed by atoms with Gasteiger partial charge < -0.3 is 9.64 Å². The molecule has 0 aliphatic carbocycles. The molecule has 0 radical (unpaired) electrons. The second-order valence-electron chi connectivity index (χ2n) is 5.93. The van der Waals surface area contributed by atoms with Crippen LogP contribution in [0, 0.1) is 0 Å². The molecule has 8 heteroatoms. The molecule has 1 fully saturated rings. The van der Waals surface area contributed by atoms with Crippen molar-refractivity contribution < 1.29 is 14.3 Å². The van der Waals surface area contributed by atoms with Crippen LogP contribution in [0.2, 0.25) is 0 Å². The van der Waals surface area contributed by atoms with E-state index in [1.807, 2.05) is 43.6 Å². The number of imidazole rings is 1. The number of hydrogen-bond acceptors (Lipinski definition) is 4. The molecule has 0 spiro atoms. The van der Waals surface area contributed by atoms with Crippen molar-refractivity contribution in [1.82, 2.24) is 17.6 Å². The highest BCUT2D eigenvalue weighted by Gasteiger charge is 2.34. The Balaban J connectivity index is 1.93. The molecule has 0 bridgehead atoms. The highest BCUT2D eigenvalue weighted by atomic mass is 127. The first-order valence-corrected chi connectivity index (χ1v) is 7.69. The Bertz CT molecular complexity index is 512. The third kappa shape index (κ3) is 4.08. The average molecular weight is 406 g/mol. The zero-order valence-corrected chi connectivity index (χ0v) is 14.5. The Morgan fingerprint density at radius 1 is 1.43 bits per heavy atom. The number of nitrogens with zero attached hydrogens (tertiary/aromatic N) is 4. The number of likely N-dealkylation sites (tertiary alicyclic amines) is 1. The lowest BCUT2D eigenvalue weighted by Gasteiger charge is -2.26. The highest BCUT2D eigenvalue weighted by Crippen LogP contribution is 2.22. The van der Waals surface area contributed by atoms with E-state index in [9.17, 15) is 9.59 Å². The topological polar surface area (TPSA) is 67.7 Å². The second kappa shape index (κ2) is 6.20. The largest absolute Gasteiger partial charge is 0.443 e. The predicted molar refractivity (Wildman–Crippen MR) is 85.1 cm³/mol. The minimum atomic E-state index is -0.522. The van der Waals surface area contributed by atoms with Crippen LogP contribution in [-0.2, 0) is 4.74 Å². The Morgan fingerprint density at radius 2 is 2.14 bits per heavy atom. The van der Waals surface area contributed by atoms with Crippen LogP contribution in [0.15, 0.2) is 18.7 Å². The molecule has 116 valence electrons. The molecule has 1 saturated heterocycles. The van der Waals surface area contributed by atoms with Gasteiger partial charge in [0.2, 0.25) is 0 Å². The van der Waals surface area contributed by atoms with E-state index in [2.05, 4.69) is 4.98 Å². The molecular formula is C13H19IN4O3. The summed E-state index contributed by atoms with van der Waals surface area (Å²) in [6, 6.07) is -0.156. The van der Waals surface area contributed by atoms with E-state index in [1.54, 1.807) is 20.4 Å². The Hall–Kier alpha value is -1.32. The standard InChI is InChI=1S/C13H19IN4O3/c1-13(2,3)21-12(20)18(14)10-4-6-16(8-10)11(19)17-7-5-15-9-17/h5,7,9-10H,4,6,8H2,1-3H3/t10-/m1/s1. The fourth-order valence-electron chi connectivity index (χ4n) is 2.09. The van der Waals surface area contributed by atoms with Gasteiger partial charge in [0.25, 0.3) is 0 Å². The number of halogens is 1. The van der Waals surface area contributed by atoms with E-state index >= 15 is 0 Å². The smallest absolute Gasteiger partial charge is 0.419 e. The summed E-state index contributed by atoms with van der Waals surface area (Å²) >= 11 is 1.96. The normalized spacial score (nSPS) is 18.7. The first-order chi connectivity index (χ1) is 9.78. The highest BCUT2D eigenvalue weighted by molar-refractivity contribution is 14.1. The van der Waals surface area contributed by atoms with Gasteiger partial charge in [0, 0.05) is 25.5 Å². The molecule has 1 aromatic heterocycles. The SMILES string of the molecule is CC(C)(C)OC(=O)N(I)[C@@H]1CCN(C(=O)n2ccnc2)C1. The summed E-state index contributed by atoms with van der Waals surface area (Å²) in [6.07, 6.45) is 5.03. The van der Waals surface area contributed by atoms with Gasteiger partial charge in [-0.25, -0.2) is 17.7 Å². The zero-order valence-electron chi connectivity index (χ0n) is 12.3. The number of ether oxygens (including phenoxy) is 1. The summed E-state index contributed by atoms with van der Waals surface area (Å²) in [4.78, 5) is 29.8. The number of carbonyl (C=O) groups excluding carboxylic acids is 2. The molecule has 1 atom stereocenters. The predicted octanol–water partition coefficient (Wildman–Crippen LogP) is 2.51. The third-order valence-electron chi connectivity index (χ3n) is 3.05. The van der Waals surface area contributed by atoms with Crippen LogP contribution in [0.5, 0.6) is 0 Å². The first-order valence-electron chi connectivity index (χ1n) is 6.73. The van der Waals surface area contributed by atoms with Gasteiger partial charge in [-0.15, -0.1) is 0 Å². The van der Waals surface area contributed by atoms with Gasteiger partial charge in [0.05, 0.1) is 28.9 Å². The van der Waals surface area contributed by atoms with E-state index in [4.69, 9.17) is 4.74 Å². The minimum Gasteiger partial charge on any atom is -0.443 e. The van der Waals surface area contributed by atoms with Gasteiger partial charge in [-0.1, -0.05) is 0 Å². The van der Waals surface area contributed by atoms with Crippen molar-refractivity contribution in [3.63, 3.8) is 0 Å². The molecule has 1 aliphatic heterocycles. The van der Waals surface area contributed by atoms with Crippen LogP contribution in [-0.4, -0.2) is 54.4 Å². The van der Waals surface area contributed by atoms with Gasteiger partial charge in [0.1, 0.15) is 11.9 Å². The van der Waals surface area contributed by atoms with Gasteiger partial charge in [0.15, 0.2) is 0 Å². The Morgan fingerprint density at radius 3 is 2.71 bits per heavy atom. The summed E-state index contributed by atoms with van der Waals surface area (Å²) in [6.45, 7) is 6.61. The molecular weight excluding hydrogens is 387 g/mol.